The highest BCUT2D eigenvalue weighted by Gasteiger charge is 2.17. The molecule has 1 atom stereocenters. The molecule has 1 rings (SSSR count). The van der Waals surface area contributed by atoms with E-state index in [1.807, 2.05) is 0 Å². The van der Waals surface area contributed by atoms with Crippen LogP contribution >= 0.6 is 11.8 Å². The first-order valence-electron chi connectivity index (χ1n) is 6.93. The van der Waals surface area contributed by atoms with Gasteiger partial charge in [0, 0.05) is 31.5 Å². The largest absolute Gasteiger partial charge is 0.481 e. The van der Waals surface area contributed by atoms with Gasteiger partial charge in [0.05, 0.1) is 6.61 Å². The Morgan fingerprint density at radius 2 is 1.91 bits per heavy atom. The minimum Gasteiger partial charge on any atom is -0.481 e. The molecule has 0 heterocycles. The molecule has 1 amide bonds. The Bertz CT molecular complexity index is 429. The van der Waals surface area contributed by atoms with Crippen LogP contribution in [-0.2, 0) is 9.59 Å². The maximum Gasteiger partial charge on any atom is 0.313 e. The van der Waals surface area contributed by atoms with Gasteiger partial charge >= 0.3 is 5.97 Å². The summed E-state index contributed by atoms with van der Waals surface area (Å²) in [6.45, 7) is 2.62. The Hall–Kier alpha value is -1.57. The van der Waals surface area contributed by atoms with Crippen molar-refractivity contribution in [2.75, 3.05) is 31.2 Å². The summed E-state index contributed by atoms with van der Waals surface area (Å²) < 4.78 is 0. The summed E-state index contributed by atoms with van der Waals surface area (Å²) in [7, 11) is 0. The van der Waals surface area contributed by atoms with E-state index < -0.39 is 11.9 Å². The number of nitrogens with one attached hydrogen (secondary N) is 1. The second-order valence-corrected chi connectivity index (χ2v) is 5.59. The fraction of sp³-hybridized carbons (Fsp3) is 0.467. The number of aliphatic hydroxyl groups is 1. The number of thioether (sulfide) groups is 1. The maximum absolute atomic E-state index is 10.6. The molecule has 7 heteroatoms. The van der Waals surface area contributed by atoms with Crippen LogP contribution in [0.3, 0.4) is 0 Å². The van der Waals surface area contributed by atoms with Gasteiger partial charge in [0.25, 0.3) is 0 Å². The van der Waals surface area contributed by atoms with E-state index in [-0.39, 0.29) is 12.5 Å². The monoisotopic (exact) mass is 328 g/mol. The van der Waals surface area contributed by atoms with Crippen molar-refractivity contribution < 1.29 is 19.8 Å². The van der Waals surface area contributed by atoms with E-state index >= 15 is 0 Å². The van der Waals surface area contributed by atoms with E-state index in [9.17, 15) is 9.59 Å². The minimum atomic E-state index is -0.997. The molecule has 6 nitrogen and oxygen atoms in total. The number of carboxylic acids is 1. The van der Waals surface area contributed by atoms with Crippen molar-refractivity contribution in [3.63, 3.8) is 0 Å². The number of carboxylic acid groups (broad SMARTS) is 1. The first-order chi connectivity index (χ1) is 10.5. The van der Waals surface area contributed by atoms with Gasteiger partial charge in [-0.15, -0.1) is 0 Å². The number of aliphatic hydroxyl groups excluding tert-OH is 1. The van der Waals surface area contributed by atoms with Crippen molar-refractivity contribution in [1.29, 1.82) is 0 Å². The minimum absolute atomic E-state index is 0.0355. The summed E-state index contributed by atoms with van der Waals surface area (Å²) in [4.78, 5) is 20.9. The van der Waals surface area contributed by atoms with Gasteiger partial charge < -0.3 is 21.3 Å². The Kier molecular flexibility index (Phi) is 12.2. The van der Waals surface area contributed by atoms with Gasteiger partial charge in [-0.2, -0.15) is 11.8 Å². The average molecular weight is 328 g/mol. The highest BCUT2D eigenvalue weighted by Crippen LogP contribution is 2.14. The molecule has 5 N–H and O–H groups in total. The van der Waals surface area contributed by atoms with Crippen LogP contribution in [-0.4, -0.2) is 53.3 Å². The van der Waals surface area contributed by atoms with Crippen LogP contribution in [0, 0.1) is 0 Å². The van der Waals surface area contributed by atoms with Crippen LogP contribution in [0.1, 0.15) is 18.4 Å². The zero-order valence-electron chi connectivity index (χ0n) is 12.7. The molecule has 0 aliphatic heterocycles. The van der Waals surface area contributed by atoms with Crippen LogP contribution in [0.5, 0.6) is 0 Å². The van der Waals surface area contributed by atoms with E-state index in [0.717, 1.165) is 18.1 Å². The second kappa shape index (κ2) is 13.1. The predicted molar refractivity (Wildman–Crippen MR) is 89.0 cm³/mol. The van der Waals surface area contributed by atoms with Crippen LogP contribution in [0.4, 0.5) is 0 Å². The van der Waals surface area contributed by atoms with Crippen molar-refractivity contribution in [2.45, 2.75) is 12.8 Å². The van der Waals surface area contributed by atoms with Crippen LogP contribution in [0.15, 0.2) is 30.3 Å². The Labute approximate surface area is 135 Å². The van der Waals surface area contributed by atoms with E-state index in [2.05, 4.69) is 5.32 Å². The normalized spacial score (nSPS) is 11.0. The molecular formula is C15H24N2O4S. The van der Waals surface area contributed by atoms with Gasteiger partial charge in [-0.3, -0.25) is 9.59 Å². The van der Waals surface area contributed by atoms with Gasteiger partial charge in [0.1, 0.15) is 5.92 Å². The molecule has 22 heavy (non-hydrogen) atoms. The van der Waals surface area contributed by atoms with Crippen LogP contribution in [0.2, 0.25) is 0 Å². The number of carbonyl (C=O) groups is 2. The van der Waals surface area contributed by atoms with Gasteiger partial charge in [-0.1, -0.05) is 30.3 Å². The lowest BCUT2D eigenvalue weighted by molar-refractivity contribution is -0.139. The third kappa shape index (κ3) is 10.2. The van der Waals surface area contributed by atoms with Crippen LogP contribution < -0.4 is 11.1 Å². The third-order valence-electron chi connectivity index (χ3n) is 2.57. The molecule has 0 fully saturated rings. The lowest BCUT2D eigenvalue weighted by Crippen LogP contribution is -2.22. The Balaban J connectivity index is 0.000000409. The zero-order chi connectivity index (χ0) is 16.8. The molecule has 1 unspecified atom stereocenters. The van der Waals surface area contributed by atoms with Crippen molar-refractivity contribution in [2.24, 2.45) is 5.73 Å². The smallest absolute Gasteiger partial charge is 0.313 e. The molecule has 0 saturated carbocycles. The standard InChI is InChI=1S/C9H10O3.C6H14N2OS/c10-6-8(9(11)12)7-4-2-1-3-5-7;1-6(9)8-3-5-10-4-2-7/h1-5,8,10H,6H2,(H,11,12);2-5,7H2,1H3,(H,8,9). The van der Waals surface area contributed by atoms with E-state index in [0.29, 0.717) is 12.1 Å². The summed E-state index contributed by atoms with van der Waals surface area (Å²) >= 11 is 1.76. The van der Waals surface area contributed by atoms with E-state index in [1.165, 1.54) is 6.92 Å². The van der Waals surface area contributed by atoms with E-state index in [4.69, 9.17) is 15.9 Å². The number of aliphatic carboxylic acids is 1. The molecule has 1 aromatic rings. The molecule has 124 valence electrons. The topological polar surface area (TPSA) is 113 Å². The van der Waals surface area contributed by atoms with Crippen molar-refractivity contribution >= 4 is 23.6 Å². The summed E-state index contributed by atoms with van der Waals surface area (Å²) in [5.41, 5.74) is 5.89. The summed E-state index contributed by atoms with van der Waals surface area (Å²) in [5, 5.41) is 20.1. The van der Waals surface area contributed by atoms with Gasteiger partial charge in [-0.25, -0.2) is 0 Å². The third-order valence-corrected chi connectivity index (χ3v) is 3.58. The first-order valence-corrected chi connectivity index (χ1v) is 8.09. The first kappa shape index (κ1) is 20.4. The number of amides is 1. The number of hydrogen-bond donors (Lipinski definition) is 4. The van der Waals surface area contributed by atoms with Crippen molar-refractivity contribution in [3.8, 4) is 0 Å². The number of hydrogen-bond acceptors (Lipinski definition) is 5. The second-order valence-electron chi connectivity index (χ2n) is 4.37. The Morgan fingerprint density at radius 3 is 2.36 bits per heavy atom. The SMILES string of the molecule is CC(=O)NCCSCCN.O=C(O)C(CO)c1ccccc1. The van der Waals surface area contributed by atoms with Gasteiger partial charge in [0.2, 0.25) is 5.91 Å². The highest BCUT2D eigenvalue weighted by atomic mass is 32.2. The lowest BCUT2D eigenvalue weighted by atomic mass is 10.0. The molecule has 0 aliphatic carbocycles. The molecule has 1 aromatic carbocycles. The summed E-state index contributed by atoms with van der Waals surface area (Å²) in [6.07, 6.45) is 0. The fourth-order valence-corrected chi connectivity index (χ4v) is 2.11. The summed E-state index contributed by atoms with van der Waals surface area (Å²) in [6, 6.07) is 8.69. The van der Waals surface area contributed by atoms with Crippen molar-refractivity contribution in [3.05, 3.63) is 35.9 Å². The van der Waals surface area contributed by atoms with Crippen molar-refractivity contribution in [1.82, 2.24) is 5.32 Å². The molecule has 0 aliphatic rings. The fourth-order valence-electron chi connectivity index (χ4n) is 1.50. The highest BCUT2D eigenvalue weighted by molar-refractivity contribution is 7.99. The van der Waals surface area contributed by atoms with Gasteiger partial charge in [0.15, 0.2) is 0 Å². The maximum atomic E-state index is 10.6. The zero-order valence-corrected chi connectivity index (χ0v) is 13.5. The molecule has 0 spiro atoms. The number of carbonyl (C=O) groups excluding carboxylic acids is 1. The molecular weight excluding hydrogens is 304 g/mol. The molecule has 0 aromatic heterocycles. The number of rotatable bonds is 8. The number of benzene rings is 1. The van der Waals surface area contributed by atoms with Gasteiger partial charge in [-0.05, 0) is 5.56 Å². The van der Waals surface area contributed by atoms with E-state index in [1.54, 1.807) is 42.1 Å². The predicted octanol–water partition coefficient (Wildman–Crippen LogP) is 0.662. The quantitative estimate of drug-likeness (QED) is 0.522. The summed E-state index contributed by atoms with van der Waals surface area (Å²) in [5.74, 6) is 0.166. The molecule has 0 saturated heterocycles. The average Bonchev–Trinajstić information content (AvgIpc) is 2.49. The molecule has 0 bridgehead atoms. The Morgan fingerprint density at radius 1 is 1.27 bits per heavy atom. The molecule has 0 radical (unpaired) electrons. The number of nitrogens with two attached hydrogens (primary N) is 1. The lowest BCUT2D eigenvalue weighted by Gasteiger charge is -2.07. The van der Waals surface area contributed by atoms with Crippen LogP contribution in [0.25, 0.3) is 0 Å².